The number of morpholine rings is 1. The van der Waals surface area contributed by atoms with Gasteiger partial charge in [-0.25, -0.2) is 0 Å². The minimum absolute atomic E-state index is 0.0107. The molecule has 1 atom stereocenters. The SMILES string of the molecule is CCCNC(c1ccco1)C(C)(C)N1CCOCC1. The Morgan fingerprint density at radius 1 is 1.37 bits per heavy atom. The van der Waals surface area contributed by atoms with Crippen LogP contribution in [0.15, 0.2) is 22.8 Å². The van der Waals surface area contributed by atoms with Gasteiger partial charge in [0.1, 0.15) is 5.76 Å². The highest BCUT2D eigenvalue weighted by Gasteiger charge is 2.38. The second-order valence-electron chi connectivity index (χ2n) is 5.66. The standard InChI is InChI=1S/C15H26N2O2/c1-4-7-16-14(13-6-5-10-19-13)15(2,3)17-8-11-18-12-9-17/h5-6,10,14,16H,4,7-9,11-12H2,1-3H3. The number of ether oxygens (including phenoxy) is 1. The average molecular weight is 266 g/mol. The Morgan fingerprint density at radius 2 is 2.11 bits per heavy atom. The van der Waals surface area contributed by atoms with Crippen molar-refractivity contribution < 1.29 is 9.15 Å². The van der Waals surface area contributed by atoms with Crippen LogP contribution in [0.4, 0.5) is 0 Å². The van der Waals surface area contributed by atoms with Crippen LogP contribution in [0.3, 0.4) is 0 Å². The summed E-state index contributed by atoms with van der Waals surface area (Å²) < 4.78 is 11.1. The lowest BCUT2D eigenvalue weighted by atomic mass is 9.89. The molecule has 1 N–H and O–H groups in total. The van der Waals surface area contributed by atoms with Crippen LogP contribution in [0.1, 0.15) is 39.0 Å². The molecule has 4 heteroatoms. The molecule has 0 aliphatic carbocycles. The third-order valence-electron chi connectivity index (χ3n) is 3.96. The molecule has 1 aliphatic heterocycles. The zero-order chi connectivity index (χ0) is 13.7. The van der Waals surface area contributed by atoms with Crippen molar-refractivity contribution in [1.82, 2.24) is 10.2 Å². The van der Waals surface area contributed by atoms with E-state index in [9.17, 15) is 0 Å². The van der Waals surface area contributed by atoms with Gasteiger partial charge in [-0.2, -0.15) is 0 Å². The topological polar surface area (TPSA) is 37.6 Å². The number of hydrogen-bond donors (Lipinski definition) is 1. The monoisotopic (exact) mass is 266 g/mol. The first-order valence-electron chi connectivity index (χ1n) is 7.26. The van der Waals surface area contributed by atoms with Crippen molar-refractivity contribution in [3.63, 3.8) is 0 Å². The Morgan fingerprint density at radius 3 is 2.68 bits per heavy atom. The lowest BCUT2D eigenvalue weighted by Crippen LogP contribution is -2.56. The summed E-state index contributed by atoms with van der Waals surface area (Å²) >= 11 is 0. The van der Waals surface area contributed by atoms with Crippen LogP contribution >= 0.6 is 0 Å². The molecule has 108 valence electrons. The lowest BCUT2D eigenvalue weighted by Gasteiger charge is -2.45. The van der Waals surface area contributed by atoms with E-state index < -0.39 is 0 Å². The van der Waals surface area contributed by atoms with Gasteiger partial charge in [-0.3, -0.25) is 4.90 Å². The molecule has 2 heterocycles. The molecule has 0 saturated carbocycles. The molecule has 1 unspecified atom stereocenters. The Bertz CT molecular complexity index is 356. The first kappa shape index (κ1) is 14.6. The molecule has 19 heavy (non-hydrogen) atoms. The van der Waals surface area contributed by atoms with Crippen LogP contribution in [0.2, 0.25) is 0 Å². The normalized spacial score (nSPS) is 19.5. The number of rotatable bonds is 6. The minimum atomic E-state index is 0.0107. The maximum atomic E-state index is 5.65. The summed E-state index contributed by atoms with van der Waals surface area (Å²) in [6.45, 7) is 11.4. The second-order valence-corrected chi connectivity index (χ2v) is 5.66. The molecular weight excluding hydrogens is 240 g/mol. The van der Waals surface area contributed by atoms with Gasteiger partial charge in [0, 0.05) is 18.6 Å². The predicted octanol–water partition coefficient (Wildman–Crippen LogP) is 2.43. The quantitative estimate of drug-likeness (QED) is 0.858. The van der Waals surface area contributed by atoms with Crippen LogP contribution < -0.4 is 5.32 Å². The number of furan rings is 1. The van der Waals surface area contributed by atoms with Gasteiger partial charge in [-0.05, 0) is 38.9 Å². The molecule has 0 aromatic carbocycles. The molecule has 0 amide bonds. The summed E-state index contributed by atoms with van der Waals surface area (Å²) in [7, 11) is 0. The van der Waals surface area contributed by atoms with E-state index in [1.807, 2.05) is 6.07 Å². The van der Waals surface area contributed by atoms with E-state index in [0.29, 0.717) is 0 Å². The number of hydrogen-bond acceptors (Lipinski definition) is 4. The summed E-state index contributed by atoms with van der Waals surface area (Å²) in [6.07, 6.45) is 2.88. The first-order chi connectivity index (χ1) is 9.16. The van der Waals surface area contributed by atoms with Crippen LogP contribution in [0.5, 0.6) is 0 Å². The van der Waals surface area contributed by atoms with E-state index in [2.05, 4.69) is 37.1 Å². The molecule has 4 nitrogen and oxygen atoms in total. The first-order valence-corrected chi connectivity index (χ1v) is 7.26. The lowest BCUT2D eigenvalue weighted by molar-refractivity contribution is -0.0264. The molecule has 1 aliphatic rings. The Hall–Kier alpha value is -0.840. The second kappa shape index (κ2) is 6.55. The average Bonchev–Trinajstić information content (AvgIpc) is 2.94. The van der Waals surface area contributed by atoms with E-state index in [-0.39, 0.29) is 11.6 Å². The van der Waals surface area contributed by atoms with Gasteiger partial charge in [0.2, 0.25) is 0 Å². The van der Waals surface area contributed by atoms with Gasteiger partial charge in [0.25, 0.3) is 0 Å². The number of nitrogens with one attached hydrogen (secondary N) is 1. The summed E-state index contributed by atoms with van der Waals surface area (Å²) in [5, 5.41) is 3.63. The van der Waals surface area contributed by atoms with Gasteiger partial charge in [0.15, 0.2) is 0 Å². The summed E-state index contributed by atoms with van der Waals surface area (Å²) in [4.78, 5) is 2.49. The molecule has 1 aromatic rings. The minimum Gasteiger partial charge on any atom is -0.468 e. The molecule has 0 spiro atoms. The van der Waals surface area contributed by atoms with Gasteiger partial charge in [0.05, 0.1) is 25.5 Å². The van der Waals surface area contributed by atoms with Crippen molar-refractivity contribution in [2.24, 2.45) is 0 Å². The molecule has 1 fully saturated rings. The summed E-state index contributed by atoms with van der Waals surface area (Å²) in [5.41, 5.74) is 0.0107. The van der Waals surface area contributed by atoms with E-state index in [4.69, 9.17) is 9.15 Å². The molecule has 2 rings (SSSR count). The fraction of sp³-hybridized carbons (Fsp3) is 0.733. The van der Waals surface area contributed by atoms with E-state index in [1.165, 1.54) is 0 Å². The predicted molar refractivity (Wildman–Crippen MR) is 76.2 cm³/mol. The van der Waals surface area contributed by atoms with Crippen molar-refractivity contribution in [1.29, 1.82) is 0 Å². The molecule has 0 bridgehead atoms. The van der Waals surface area contributed by atoms with Crippen molar-refractivity contribution in [3.05, 3.63) is 24.2 Å². The fourth-order valence-electron chi connectivity index (χ4n) is 2.76. The van der Waals surface area contributed by atoms with Crippen LogP contribution in [-0.4, -0.2) is 43.3 Å². The van der Waals surface area contributed by atoms with Crippen molar-refractivity contribution in [2.45, 2.75) is 38.8 Å². The van der Waals surface area contributed by atoms with Crippen LogP contribution in [-0.2, 0) is 4.74 Å². The summed E-state index contributed by atoms with van der Waals surface area (Å²) in [5.74, 6) is 1.02. The van der Waals surface area contributed by atoms with Gasteiger partial charge in [-0.1, -0.05) is 6.92 Å². The maximum absolute atomic E-state index is 5.65. The zero-order valence-electron chi connectivity index (χ0n) is 12.3. The Kier molecular flexibility index (Phi) is 5.02. The van der Waals surface area contributed by atoms with Gasteiger partial charge < -0.3 is 14.5 Å². The van der Waals surface area contributed by atoms with Crippen LogP contribution in [0.25, 0.3) is 0 Å². The highest BCUT2D eigenvalue weighted by Crippen LogP contribution is 2.32. The van der Waals surface area contributed by atoms with Gasteiger partial charge >= 0.3 is 0 Å². The highest BCUT2D eigenvalue weighted by atomic mass is 16.5. The molecule has 0 radical (unpaired) electrons. The van der Waals surface area contributed by atoms with Crippen LogP contribution in [0, 0.1) is 0 Å². The Balaban J connectivity index is 2.15. The third kappa shape index (κ3) is 3.38. The largest absolute Gasteiger partial charge is 0.468 e. The molecule has 1 aromatic heterocycles. The molecule has 1 saturated heterocycles. The van der Waals surface area contributed by atoms with E-state index in [0.717, 1.165) is 45.0 Å². The Labute approximate surface area is 116 Å². The third-order valence-corrected chi connectivity index (χ3v) is 3.96. The van der Waals surface area contributed by atoms with Crippen molar-refractivity contribution >= 4 is 0 Å². The maximum Gasteiger partial charge on any atom is 0.122 e. The van der Waals surface area contributed by atoms with Crippen molar-refractivity contribution in [3.8, 4) is 0 Å². The van der Waals surface area contributed by atoms with Gasteiger partial charge in [-0.15, -0.1) is 0 Å². The van der Waals surface area contributed by atoms with E-state index in [1.54, 1.807) is 6.26 Å². The highest BCUT2D eigenvalue weighted by molar-refractivity contribution is 5.11. The zero-order valence-corrected chi connectivity index (χ0v) is 12.3. The smallest absolute Gasteiger partial charge is 0.122 e. The summed E-state index contributed by atoms with van der Waals surface area (Å²) in [6, 6.07) is 4.24. The number of nitrogens with zero attached hydrogens (tertiary/aromatic N) is 1. The molecular formula is C15H26N2O2. The van der Waals surface area contributed by atoms with E-state index >= 15 is 0 Å². The van der Waals surface area contributed by atoms with Crippen molar-refractivity contribution in [2.75, 3.05) is 32.8 Å². The fourth-order valence-corrected chi connectivity index (χ4v) is 2.76.